The topological polar surface area (TPSA) is 66.2 Å². The van der Waals surface area contributed by atoms with Gasteiger partial charge in [0.2, 0.25) is 5.88 Å². The number of hydrogen-bond acceptors (Lipinski definition) is 4. The highest BCUT2D eigenvalue weighted by Crippen LogP contribution is 2.25. The molecule has 1 aromatic carbocycles. The zero-order valence-electron chi connectivity index (χ0n) is 11.9. The Morgan fingerprint density at radius 2 is 2.17 bits per heavy atom. The second kappa shape index (κ2) is 6.57. The van der Waals surface area contributed by atoms with Gasteiger partial charge in [-0.05, 0) is 24.3 Å². The molecule has 0 spiro atoms. The normalized spacial score (nSPS) is 14.0. The summed E-state index contributed by atoms with van der Waals surface area (Å²) in [5.74, 6) is 0.261. The molecule has 0 aliphatic carbocycles. The molecule has 0 atom stereocenters. The third-order valence-corrected chi connectivity index (χ3v) is 4.27. The Balaban J connectivity index is 1.61. The number of nitrogens with zero attached hydrogens (tertiary/aromatic N) is 3. The number of amides is 1. The van der Waals surface area contributed by atoms with Gasteiger partial charge in [0, 0.05) is 16.7 Å². The summed E-state index contributed by atoms with van der Waals surface area (Å²) in [4.78, 5) is 18.1. The zero-order valence-corrected chi connectivity index (χ0v) is 14.2. The fourth-order valence-electron chi connectivity index (χ4n) is 2.22. The molecule has 1 fully saturated rings. The van der Waals surface area contributed by atoms with Gasteiger partial charge in [-0.25, -0.2) is 4.98 Å². The molecular weight excluding hydrogens is 382 g/mol. The molecule has 1 aromatic heterocycles. The quantitative estimate of drug-likeness (QED) is 0.804. The summed E-state index contributed by atoms with van der Waals surface area (Å²) in [6, 6.07) is 10.4. The molecule has 116 valence electrons. The number of aromatic nitrogens is 1. The summed E-state index contributed by atoms with van der Waals surface area (Å²) in [7, 11) is 0. The van der Waals surface area contributed by atoms with Gasteiger partial charge in [-0.1, -0.05) is 27.5 Å². The maximum Gasteiger partial charge on any atom is 0.255 e. The third-order valence-electron chi connectivity index (χ3n) is 3.45. The van der Waals surface area contributed by atoms with Crippen molar-refractivity contribution in [2.45, 2.75) is 6.10 Å². The molecule has 1 amide bonds. The van der Waals surface area contributed by atoms with E-state index in [1.54, 1.807) is 35.2 Å². The van der Waals surface area contributed by atoms with E-state index in [0.29, 0.717) is 35.1 Å². The van der Waals surface area contributed by atoms with Crippen LogP contribution in [0.15, 0.2) is 41.0 Å². The van der Waals surface area contributed by atoms with Crippen molar-refractivity contribution >= 4 is 33.4 Å². The standard InChI is InChI=1S/C16H11BrClN3O2/c17-11-1-2-14(18)13(6-11)16(22)21-8-12(9-21)23-15-5-10(7-19)3-4-20-15/h1-6,12H,8-9H2. The first-order valence-electron chi connectivity index (χ1n) is 6.84. The van der Waals surface area contributed by atoms with Gasteiger partial charge in [0.25, 0.3) is 5.91 Å². The van der Waals surface area contributed by atoms with Gasteiger partial charge in [0.05, 0.1) is 35.3 Å². The maximum absolute atomic E-state index is 12.4. The van der Waals surface area contributed by atoms with Crippen LogP contribution in [0.5, 0.6) is 5.88 Å². The van der Waals surface area contributed by atoms with Gasteiger partial charge < -0.3 is 9.64 Å². The molecule has 5 nitrogen and oxygen atoms in total. The van der Waals surface area contributed by atoms with E-state index < -0.39 is 0 Å². The molecular formula is C16H11BrClN3O2. The lowest BCUT2D eigenvalue weighted by Crippen LogP contribution is -2.56. The number of rotatable bonds is 3. The van der Waals surface area contributed by atoms with E-state index in [1.165, 1.54) is 6.20 Å². The maximum atomic E-state index is 12.4. The monoisotopic (exact) mass is 391 g/mol. The number of carbonyl (C=O) groups is 1. The molecule has 0 unspecified atom stereocenters. The number of ether oxygens (including phenoxy) is 1. The van der Waals surface area contributed by atoms with Crippen molar-refractivity contribution in [3.05, 3.63) is 57.2 Å². The van der Waals surface area contributed by atoms with Crippen LogP contribution in [-0.2, 0) is 0 Å². The highest BCUT2D eigenvalue weighted by atomic mass is 79.9. The summed E-state index contributed by atoms with van der Waals surface area (Å²) >= 11 is 9.41. The van der Waals surface area contributed by atoms with Gasteiger partial charge in [-0.2, -0.15) is 5.26 Å². The van der Waals surface area contributed by atoms with E-state index in [0.717, 1.165) is 4.47 Å². The minimum atomic E-state index is -0.133. The molecule has 1 aliphatic heterocycles. The first-order chi connectivity index (χ1) is 11.1. The Labute approximate surface area is 146 Å². The van der Waals surface area contributed by atoms with E-state index >= 15 is 0 Å². The van der Waals surface area contributed by atoms with Gasteiger partial charge in [-0.3, -0.25) is 4.79 Å². The van der Waals surface area contributed by atoms with E-state index in [-0.39, 0.29) is 12.0 Å². The first kappa shape index (κ1) is 15.8. The summed E-state index contributed by atoms with van der Waals surface area (Å²) in [6.45, 7) is 0.917. The van der Waals surface area contributed by atoms with Crippen LogP contribution in [0.25, 0.3) is 0 Å². The number of nitriles is 1. The van der Waals surface area contributed by atoms with Crippen molar-refractivity contribution in [3.8, 4) is 11.9 Å². The highest BCUT2D eigenvalue weighted by Gasteiger charge is 2.33. The number of hydrogen-bond donors (Lipinski definition) is 0. The predicted molar refractivity (Wildman–Crippen MR) is 88.4 cm³/mol. The van der Waals surface area contributed by atoms with E-state index in [9.17, 15) is 4.79 Å². The minimum Gasteiger partial charge on any atom is -0.471 e. The Kier molecular flexibility index (Phi) is 4.51. The van der Waals surface area contributed by atoms with E-state index in [2.05, 4.69) is 20.9 Å². The average Bonchev–Trinajstić information content (AvgIpc) is 2.52. The molecule has 2 aromatic rings. The molecule has 7 heteroatoms. The zero-order chi connectivity index (χ0) is 16.4. The fourth-order valence-corrected chi connectivity index (χ4v) is 2.78. The molecule has 0 saturated carbocycles. The SMILES string of the molecule is N#Cc1ccnc(OC2CN(C(=O)c3cc(Br)ccc3Cl)C2)c1. The predicted octanol–water partition coefficient (Wildman–Crippen LogP) is 3.27. The third kappa shape index (κ3) is 3.46. The molecule has 1 aliphatic rings. The van der Waals surface area contributed by atoms with Crippen LogP contribution in [0.4, 0.5) is 0 Å². The molecule has 2 heterocycles. The van der Waals surface area contributed by atoms with Gasteiger partial charge in [-0.15, -0.1) is 0 Å². The van der Waals surface area contributed by atoms with Crippen molar-refractivity contribution in [1.82, 2.24) is 9.88 Å². The Hall–Kier alpha value is -2.10. The van der Waals surface area contributed by atoms with E-state index in [4.69, 9.17) is 21.6 Å². The Morgan fingerprint density at radius 1 is 1.39 bits per heavy atom. The van der Waals surface area contributed by atoms with Gasteiger partial charge in [0.15, 0.2) is 0 Å². The van der Waals surface area contributed by atoms with Crippen molar-refractivity contribution in [2.75, 3.05) is 13.1 Å². The highest BCUT2D eigenvalue weighted by molar-refractivity contribution is 9.10. The smallest absolute Gasteiger partial charge is 0.255 e. The lowest BCUT2D eigenvalue weighted by atomic mass is 10.1. The number of carbonyl (C=O) groups excluding carboxylic acids is 1. The molecule has 0 radical (unpaired) electrons. The van der Waals surface area contributed by atoms with Crippen molar-refractivity contribution in [3.63, 3.8) is 0 Å². The Morgan fingerprint density at radius 3 is 2.91 bits per heavy atom. The van der Waals surface area contributed by atoms with Crippen molar-refractivity contribution in [2.24, 2.45) is 0 Å². The summed E-state index contributed by atoms with van der Waals surface area (Å²) < 4.78 is 6.47. The molecule has 0 N–H and O–H groups in total. The van der Waals surface area contributed by atoms with Gasteiger partial charge >= 0.3 is 0 Å². The van der Waals surface area contributed by atoms with Crippen LogP contribution < -0.4 is 4.74 Å². The second-order valence-corrected chi connectivity index (χ2v) is 6.39. The molecule has 23 heavy (non-hydrogen) atoms. The number of pyridine rings is 1. The van der Waals surface area contributed by atoms with E-state index in [1.807, 2.05) is 6.07 Å². The van der Waals surface area contributed by atoms with Crippen molar-refractivity contribution < 1.29 is 9.53 Å². The number of benzene rings is 1. The number of halogens is 2. The van der Waals surface area contributed by atoms with Crippen LogP contribution in [-0.4, -0.2) is 35.0 Å². The van der Waals surface area contributed by atoms with Crippen LogP contribution in [0, 0.1) is 11.3 Å². The lowest BCUT2D eigenvalue weighted by molar-refractivity contribution is 0.0160. The van der Waals surface area contributed by atoms with Gasteiger partial charge in [0.1, 0.15) is 6.10 Å². The Bertz CT molecular complexity index is 800. The molecule has 3 rings (SSSR count). The first-order valence-corrected chi connectivity index (χ1v) is 8.01. The molecule has 0 bridgehead atoms. The minimum absolute atomic E-state index is 0.130. The summed E-state index contributed by atoms with van der Waals surface area (Å²) in [6.07, 6.45) is 1.39. The van der Waals surface area contributed by atoms with Crippen molar-refractivity contribution in [1.29, 1.82) is 5.26 Å². The fraction of sp³-hybridized carbons (Fsp3) is 0.188. The summed E-state index contributed by atoms with van der Waals surface area (Å²) in [5, 5.41) is 9.28. The number of likely N-dealkylation sites (tertiary alicyclic amines) is 1. The lowest BCUT2D eigenvalue weighted by Gasteiger charge is -2.38. The largest absolute Gasteiger partial charge is 0.471 e. The second-order valence-electron chi connectivity index (χ2n) is 5.07. The van der Waals surface area contributed by atoms with Crippen LogP contribution >= 0.6 is 27.5 Å². The van der Waals surface area contributed by atoms with Crippen LogP contribution in [0.1, 0.15) is 15.9 Å². The average molecular weight is 393 g/mol. The van der Waals surface area contributed by atoms with Crippen LogP contribution in [0.3, 0.4) is 0 Å². The van der Waals surface area contributed by atoms with Crippen LogP contribution in [0.2, 0.25) is 5.02 Å². The molecule has 1 saturated heterocycles. The summed E-state index contributed by atoms with van der Waals surface area (Å²) in [5.41, 5.74) is 0.951.